The molecule has 92 valence electrons. The van der Waals surface area contributed by atoms with Gasteiger partial charge in [-0.2, -0.15) is 0 Å². The number of rotatable bonds is 3. The van der Waals surface area contributed by atoms with E-state index in [1.165, 1.54) is 0 Å². The molecule has 2 heteroatoms. The third-order valence-electron chi connectivity index (χ3n) is 2.35. The summed E-state index contributed by atoms with van der Waals surface area (Å²) in [5.74, 6) is 0.170. The molecule has 1 nitrogen and oxygen atoms in total. The van der Waals surface area contributed by atoms with Gasteiger partial charge in [-0.3, -0.25) is 0 Å². The monoisotopic (exact) mass is 225 g/mol. The lowest BCUT2D eigenvalue weighted by Crippen LogP contribution is -2.07. The van der Waals surface area contributed by atoms with E-state index in [0.717, 1.165) is 23.2 Å². The smallest absolute Gasteiger partial charge is 0.127 e. The highest BCUT2D eigenvalue weighted by Crippen LogP contribution is 2.23. The Morgan fingerprint density at radius 3 is 2.19 bits per heavy atom. The van der Waals surface area contributed by atoms with Gasteiger partial charge in [0, 0.05) is 6.54 Å². The fourth-order valence-electron chi connectivity index (χ4n) is 1.86. The van der Waals surface area contributed by atoms with Gasteiger partial charge < -0.3 is 5.32 Å². The fraction of sp³-hybridized carbons (Fsp3) is 0.571. The zero-order chi connectivity index (χ0) is 12.7. The first-order valence-corrected chi connectivity index (χ1v) is 5.99. The Balaban J connectivity index is 0.00000106. The van der Waals surface area contributed by atoms with Crippen molar-refractivity contribution in [1.82, 2.24) is 5.32 Å². The lowest BCUT2D eigenvalue weighted by atomic mass is 9.95. The summed E-state index contributed by atoms with van der Waals surface area (Å²) < 4.78 is 13.7. The van der Waals surface area contributed by atoms with Gasteiger partial charge in [-0.15, -0.1) is 0 Å². The van der Waals surface area contributed by atoms with Crippen molar-refractivity contribution < 1.29 is 4.39 Å². The molecule has 16 heavy (non-hydrogen) atoms. The molecule has 1 aromatic carbocycles. The Morgan fingerprint density at radius 2 is 1.81 bits per heavy atom. The Morgan fingerprint density at radius 1 is 1.25 bits per heavy atom. The summed E-state index contributed by atoms with van der Waals surface area (Å²) in [5.41, 5.74) is 2.89. The first-order chi connectivity index (χ1) is 7.56. The predicted octanol–water partition coefficient (Wildman–Crippen LogP) is 4.00. The molecule has 0 heterocycles. The minimum atomic E-state index is -0.0785. The predicted molar refractivity (Wildman–Crippen MR) is 69.3 cm³/mol. The Kier molecular flexibility index (Phi) is 6.98. The van der Waals surface area contributed by atoms with Crippen LogP contribution >= 0.6 is 0 Å². The van der Waals surface area contributed by atoms with Crippen LogP contribution in [0.15, 0.2) is 12.1 Å². The van der Waals surface area contributed by atoms with Gasteiger partial charge in [0.2, 0.25) is 0 Å². The summed E-state index contributed by atoms with van der Waals surface area (Å²) in [5, 5.41) is 3.02. The van der Waals surface area contributed by atoms with Crippen molar-refractivity contribution in [3.63, 3.8) is 0 Å². The molecule has 0 saturated heterocycles. The maximum Gasteiger partial charge on any atom is 0.127 e. The molecule has 0 amide bonds. The van der Waals surface area contributed by atoms with Gasteiger partial charge in [0.05, 0.1) is 0 Å². The fourth-order valence-corrected chi connectivity index (χ4v) is 1.86. The zero-order valence-corrected chi connectivity index (χ0v) is 11.3. The second-order valence-electron chi connectivity index (χ2n) is 3.99. The molecular weight excluding hydrogens is 201 g/mol. The van der Waals surface area contributed by atoms with Gasteiger partial charge in [0.15, 0.2) is 0 Å². The van der Waals surface area contributed by atoms with Crippen LogP contribution in [0.5, 0.6) is 0 Å². The number of hydrogen-bond acceptors (Lipinski definition) is 1. The lowest BCUT2D eigenvalue weighted by Gasteiger charge is -2.13. The molecule has 1 rings (SSSR count). The summed E-state index contributed by atoms with van der Waals surface area (Å²) >= 11 is 0. The van der Waals surface area contributed by atoms with E-state index in [1.807, 2.05) is 41.7 Å². The first-order valence-electron chi connectivity index (χ1n) is 5.99. The van der Waals surface area contributed by atoms with E-state index in [0.29, 0.717) is 0 Å². The van der Waals surface area contributed by atoms with Gasteiger partial charge in [0.25, 0.3) is 0 Å². The molecule has 0 saturated carbocycles. The van der Waals surface area contributed by atoms with Crippen molar-refractivity contribution in [3.8, 4) is 0 Å². The van der Waals surface area contributed by atoms with Crippen LogP contribution in [0.2, 0.25) is 0 Å². The van der Waals surface area contributed by atoms with Gasteiger partial charge in [-0.1, -0.05) is 33.8 Å². The van der Waals surface area contributed by atoms with Crippen LogP contribution < -0.4 is 5.32 Å². The minimum Gasteiger partial charge on any atom is -0.316 e. The highest BCUT2D eigenvalue weighted by molar-refractivity contribution is 5.34. The highest BCUT2D eigenvalue weighted by atomic mass is 19.1. The van der Waals surface area contributed by atoms with Gasteiger partial charge in [-0.05, 0) is 42.6 Å². The normalized spacial score (nSPS) is 10.0. The van der Waals surface area contributed by atoms with Crippen LogP contribution in [0.4, 0.5) is 4.39 Å². The van der Waals surface area contributed by atoms with E-state index in [4.69, 9.17) is 0 Å². The van der Waals surface area contributed by atoms with Crippen molar-refractivity contribution in [2.75, 3.05) is 7.05 Å². The Bertz CT molecular complexity index is 296. The average molecular weight is 225 g/mol. The SMILES string of the molecule is CC.CNCc1cc(C)c(C(C)C)c(F)c1. The molecule has 0 spiro atoms. The van der Waals surface area contributed by atoms with Crippen molar-refractivity contribution in [3.05, 3.63) is 34.6 Å². The average Bonchev–Trinajstić information content (AvgIpc) is 2.19. The van der Waals surface area contributed by atoms with Crippen LogP contribution in [0.25, 0.3) is 0 Å². The molecular formula is C14H24FN. The maximum absolute atomic E-state index is 13.7. The van der Waals surface area contributed by atoms with E-state index in [-0.39, 0.29) is 11.7 Å². The minimum absolute atomic E-state index is 0.0785. The summed E-state index contributed by atoms with van der Waals surface area (Å²) in [4.78, 5) is 0. The lowest BCUT2D eigenvalue weighted by molar-refractivity contribution is 0.592. The van der Waals surface area contributed by atoms with E-state index < -0.39 is 0 Å². The van der Waals surface area contributed by atoms with Crippen LogP contribution in [0.1, 0.15) is 50.3 Å². The maximum atomic E-state index is 13.7. The van der Waals surface area contributed by atoms with Crippen LogP contribution in [-0.4, -0.2) is 7.05 Å². The Labute approximate surface area is 99.1 Å². The largest absolute Gasteiger partial charge is 0.316 e. The second kappa shape index (κ2) is 7.39. The molecule has 0 aliphatic carbocycles. The third-order valence-corrected chi connectivity index (χ3v) is 2.35. The number of nitrogens with one attached hydrogen (secondary N) is 1. The molecule has 0 bridgehead atoms. The molecule has 0 aliphatic heterocycles. The molecule has 0 aliphatic rings. The van der Waals surface area contributed by atoms with E-state index >= 15 is 0 Å². The summed E-state index contributed by atoms with van der Waals surface area (Å²) in [7, 11) is 1.86. The summed E-state index contributed by atoms with van der Waals surface area (Å²) in [6.45, 7) is 10.7. The molecule has 0 unspecified atom stereocenters. The van der Waals surface area contributed by atoms with Crippen LogP contribution in [-0.2, 0) is 6.54 Å². The van der Waals surface area contributed by atoms with Crippen molar-refractivity contribution in [1.29, 1.82) is 0 Å². The van der Waals surface area contributed by atoms with E-state index in [1.54, 1.807) is 6.07 Å². The van der Waals surface area contributed by atoms with Gasteiger partial charge >= 0.3 is 0 Å². The molecule has 0 fully saturated rings. The Hall–Kier alpha value is -0.890. The van der Waals surface area contributed by atoms with Gasteiger partial charge in [-0.25, -0.2) is 4.39 Å². The molecule has 0 aromatic heterocycles. The van der Waals surface area contributed by atoms with Crippen molar-refractivity contribution in [2.24, 2.45) is 0 Å². The third kappa shape index (κ3) is 3.93. The number of aryl methyl sites for hydroxylation is 1. The van der Waals surface area contributed by atoms with E-state index in [9.17, 15) is 4.39 Å². The standard InChI is InChI=1S/C12H18FN.C2H6/c1-8(2)12-9(3)5-10(7-14-4)6-11(12)13;1-2/h5-6,8,14H,7H2,1-4H3;1-2H3. The molecule has 1 aromatic rings. The van der Waals surface area contributed by atoms with E-state index in [2.05, 4.69) is 11.4 Å². The van der Waals surface area contributed by atoms with Crippen molar-refractivity contribution in [2.45, 2.75) is 47.1 Å². The van der Waals surface area contributed by atoms with Crippen LogP contribution in [0.3, 0.4) is 0 Å². The summed E-state index contributed by atoms with van der Waals surface area (Å²) in [6, 6.07) is 3.67. The van der Waals surface area contributed by atoms with Gasteiger partial charge in [0.1, 0.15) is 5.82 Å². The number of halogens is 1. The topological polar surface area (TPSA) is 12.0 Å². The number of hydrogen-bond donors (Lipinski definition) is 1. The quantitative estimate of drug-likeness (QED) is 0.819. The zero-order valence-electron chi connectivity index (χ0n) is 11.3. The van der Waals surface area contributed by atoms with Crippen molar-refractivity contribution >= 4 is 0 Å². The van der Waals surface area contributed by atoms with Crippen LogP contribution in [0, 0.1) is 12.7 Å². The molecule has 0 atom stereocenters. The number of benzene rings is 1. The highest BCUT2D eigenvalue weighted by Gasteiger charge is 2.10. The second-order valence-corrected chi connectivity index (χ2v) is 3.99. The first kappa shape index (κ1) is 15.1. The molecule has 1 N–H and O–H groups in total. The summed E-state index contributed by atoms with van der Waals surface area (Å²) in [6.07, 6.45) is 0. The molecule has 0 radical (unpaired) electrons.